The third kappa shape index (κ3) is 4.09. The summed E-state index contributed by atoms with van der Waals surface area (Å²) in [6, 6.07) is 46.5. The van der Waals surface area contributed by atoms with E-state index in [9.17, 15) is 0 Å². The molecule has 1 aromatic heterocycles. The van der Waals surface area contributed by atoms with Crippen molar-refractivity contribution in [3.05, 3.63) is 133 Å². The minimum absolute atomic E-state index is 0.336. The number of hydrogen-bond acceptors (Lipinski definition) is 2. The van der Waals surface area contributed by atoms with Gasteiger partial charge in [-0.25, -0.2) is 0 Å². The molecule has 0 unspecified atom stereocenters. The lowest BCUT2D eigenvalue weighted by molar-refractivity contribution is -0.00484. The summed E-state index contributed by atoms with van der Waals surface area (Å²) in [6.07, 6.45) is 8.49. The molecule has 1 heterocycles. The highest BCUT2D eigenvalue weighted by molar-refractivity contribution is 6.09. The van der Waals surface area contributed by atoms with Crippen molar-refractivity contribution < 1.29 is 4.42 Å². The van der Waals surface area contributed by atoms with E-state index in [4.69, 9.17) is 4.42 Å². The van der Waals surface area contributed by atoms with Crippen molar-refractivity contribution in [2.45, 2.75) is 43.9 Å². The molecular formula is C44H37NO. The van der Waals surface area contributed by atoms with E-state index in [-0.39, 0.29) is 0 Å². The number of benzene rings is 6. The Kier molecular flexibility index (Phi) is 5.79. The lowest BCUT2D eigenvalue weighted by atomic mass is 9.48. The van der Waals surface area contributed by atoms with Gasteiger partial charge in [0.15, 0.2) is 0 Å². The molecular weight excluding hydrogens is 558 g/mol. The van der Waals surface area contributed by atoms with Crippen molar-refractivity contribution in [2.75, 3.05) is 5.32 Å². The van der Waals surface area contributed by atoms with Gasteiger partial charge in [-0.1, -0.05) is 97.1 Å². The van der Waals surface area contributed by atoms with Crippen LogP contribution in [0.1, 0.15) is 44.1 Å². The molecule has 6 aromatic carbocycles. The summed E-state index contributed by atoms with van der Waals surface area (Å²) in [5, 5.41) is 8.83. The first-order valence-electron chi connectivity index (χ1n) is 17.1. The Balaban J connectivity index is 1.06. The van der Waals surface area contributed by atoms with Crippen molar-refractivity contribution in [1.82, 2.24) is 0 Å². The van der Waals surface area contributed by atoms with Gasteiger partial charge in [0.2, 0.25) is 0 Å². The maximum absolute atomic E-state index is 6.27. The van der Waals surface area contributed by atoms with E-state index in [0.29, 0.717) is 5.41 Å². The van der Waals surface area contributed by atoms with Crippen molar-refractivity contribution in [3.8, 4) is 22.3 Å². The van der Waals surface area contributed by atoms with Crippen LogP contribution in [0.2, 0.25) is 0 Å². The minimum atomic E-state index is 0.336. The molecule has 0 aliphatic heterocycles. The fraction of sp³-hybridized carbons (Fsp3) is 0.227. The molecule has 4 aliphatic rings. The highest BCUT2D eigenvalue weighted by Crippen LogP contribution is 2.61. The van der Waals surface area contributed by atoms with Crippen LogP contribution in [0.25, 0.3) is 55.0 Å². The lowest BCUT2D eigenvalue weighted by Crippen LogP contribution is -2.48. The number of nitrogens with one attached hydrogen (secondary N) is 1. The summed E-state index contributed by atoms with van der Waals surface area (Å²) in [6.45, 7) is 0. The highest BCUT2D eigenvalue weighted by Gasteiger charge is 2.52. The maximum Gasteiger partial charge on any atom is 0.136 e. The largest absolute Gasteiger partial charge is 0.456 e. The minimum Gasteiger partial charge on any atom is -0.456 e. The number of fused-ring (bicyclic) bond motifs is 4. The summed E-state index contributed by atoms with van der Waals surface area (Å²) in [7, 11) is 0. The van der Waals surface area contributed by atoms with Gasteiger partial charge in [-0.15, -0.1) is 0 Å². The first kappa shape index (κ1) is 26.4. The Bertz CT molecular complexity index is 2250. The van der Waals surface area contributed by atoms with Crippen molar-refractivity contribution in [2.24, 2.45) is 17.8 Å². The second kappa shape index (κ2) is 10.1. The number of furan rings is 1. The molecule has 0 radical (unpaired) electrons. The molecule has 0 atom stereocenters. The van der Waals surface area contributed by atoms with Gasteiger partial charge < -0.3 is 9.73 Å². The fourth-order valence-electron chi connectivity index (χ4n) is 10.1. The highest BCUT2D eigenvalue weighted by atomic mass is 16.3. The van der Waals surface area contributed by atoms with Gasteiger partial charge in [-0.05, 0) is 125 Å². The van der Waals surface area contributed by atoms with E-state index in [1.54, 1.807) is 5.56 Å². The van der Waals surface area contributed by atoms with Crippen LogP contribution in [0, 0.1) is 17.8 Å². The molecule has 4 bridgehead atoms. The Labute approximate surface area is 270 Å². The molecule has 0 amide bonds. The van der Waals surface area contributed by atoms with Crippen molar-refractivity contribution in [1.29, 1.82) is 0 Å². The van der Waals surface area contributed by atoms with Crippen LogP contribution in [0.3, 0.4) is 0 Å². The van der Waals surface area contributed by atoms with Gasteiger partial charge in [0.25, 0.3) is 0 Å². The molecule has 1 N–H and O–H groups in total. The third-order valence-electron chi connectivity index (χ3n) is 11.6. The van der Waals surface area contributed by atoms with Gasteiger partial charge in [-0.3, -0.25) is 0 Å². The molecule has 224 valence electrons. The topological polar surface area (TPSA) is 25.2 Å². The molecule has 7 aromatic rings. The Morgan fingerprint density at radius 1 is 0.478 bits per heavy atom. The summed E-state index contributed by atoms with van der Waals surface area (Å²) in [5.41, 5.74) is 11.1. The Morgan fingerprint density at radius 3 is 1.85 bits per heavy atom. The molecule has 0 saturated heterocycles. The van der Waals surface area contributed by atoms with E-state index < -0.39 is 0 Å². The fourth-order valence-corrected chi connectivity index (χ4v) is 10.1. The smallest absolute Gasteiger partial charge is 0.136 e. The zero-order valence-electron chi connectivity index (χ0n) is 26.0. The monoisotopic (exact) mass is 595 g/mol. The Morgan fingerprint density at radius 2 is 1.07 bits per heavy atom. The first-order valence-corrected chi connectivity index (χ1v) is 17.1. The molecule has 2 nitrogen and oxygen atoms in total. The third-order valence-corrected chi connectivity index (χ3v) is 11.6. The zero-order valence-corrected chi connectivity index (χ0v) is 26.0. The molecule has 46 heavy (non-hydrogen) atoms. The molecule has 4 saturated carbocycles. The SMILES string of the molecule is c1ccc(-c2ccc(-c3ccc4c(c3)oc3ccccc34)c3ccccc23)c(Nc2ccccc2C23CC4C[C@H](C2)C[C@@H](C4)C3)c1. The summed E-state index contributed by atoms with van der Waals surface area (Å²) < 4.78 is 6.27. The molecule has 4 aliphatic carbocycles. The normalized spacial score (nSPS) is 23.4. The standard InChI is InChI=1S/C44H37NO/c1-2-10-34-33(9-1)32(31-17-18-38-37-12-4-8-16-42(37)46-43(38)24-31)19-20-35(34)36-11-3-6-14-40(36)45-41-15-7-5-13-39(41)44-25-28-21-29(26-44)23-30(22-28)27-44/h1-20,24,28-30,45H,21-23,25-27H2/t28-,29+,30?,44?. The average molecular weight is 596 g/mol. The van der Waals surface area contributed by atoms with E-state index in [1.807, 2.05) is 12.1 Å². The van der Waals surface area contributed by atoms with Gasteiger partial charge in [-0.2, -0.15) is 0 Å². The van der Waals surface area contributed by atoms with Crippen molar-refractivity contribution in [3.63, 3.8) is 0 Å². The summed E-state index contributed by atoms with van der Waals surface area (Å²) in [5.74, 6) is 2.76. The second-order valence-corrected chi connectivity index (χ2v) is 14.4. The molecule has 0 spiro atoms. The van der Waals surface area contributed by atoms with Crippen LogP contribution in [-0.2, 0) is 5.41 Å². The quantitative estimate of drug-likeness (QED) is 0.214. The van der Waals surface area contributed by atoms with E-state index in [1.165, 1.54) is 82.9 Å². The summed E-state index contributed by atoms with van der Waals surface area (Å²) in [4.78, 5) is 0. The van der Waals surface area contributed by atoms with E-state index in [2.05, 4.69) is 121 Å². The molecule has 4 fully saturated rings. The Hall–Kier alpha value is -4.82. The van der Waals surface area contributed by atoms with Gasteiger partial charge in [0.05, 0.1) is 0 Å². The lowest BCUT2D eigenvalue weighted by Gasteiger charge is -2.57. The summed E-state index contributed by atoms with van der Waals surface area (Å²) >= 11 is 0. The molecule has 11 rings (SSSR count). The van der Waals surface area contributed by atoms with E-state index in [0.717, 1.165) is 39.7 Å². The second-order valence-electron chi connectivity index (χ2n) is 14.4. The van der Waals surface area contributed by atoms with Crippen LogP contribution < -0.4 is 5.32 Å². The van der Waals surface area contributed by atoms with Crippen LogP contribution in [-0.4, -0.2) is 0 Å². The predicted octanol–water partition coefficient (Wildman–Crippen LogP) is 12.3. The average Bonchev–Trinajstić information content (AvgIpc) is 3.46. The zero-order chi connectivity index (χ0) is 30.2. The van der Waals surface area contributed by atoms with Crippen LogP contribution in [0.5, 0.6) is 0 Å². The van der Waals surface area contributed by atoms with Gasteiger partial charge in [0.1, 0.15) is 11.2 Å². The number of rotatable bonds is 5. The van der Waals surface area contributed by atoms with Crippen LogP contribution >= 0.6 is 0 Å². The molecule has 2 heteroatoms. The number of anilines is 2. The van der Waals surface area contributed by atoms with Crippen molar-refractivity contribution >= 4 is 44.1 Å². The predicted molar refractivity (Wildman–Crippen MR) is 192 cm³/mol. The first-order chi connectivity index (χ1) is 22.7. The number of para-hydroxylation sites is 3. The van der Waals surface area contributed by atoms with Gasteiger partial charge in [0, 0.05) is 27.7 Å². The van der Waals surface area contributed by atoms with Crippen LogP contribution in [0.15, 0.2) is 132 Å². The van der Waals surface area contributed by atoms with Gasteiger partial charge >= 0.3 is 0 Å². The number of hydrogen-bond donors (Lipinski definition) is 1. The van der Waals surface area contributed by atoms with Crippen LogP contribution in [0.4, 0.5) is 11.4 Å². The van der Waals surface area contributed by atoms with E-state index >= 15 is 0 Å². The maximum atomic E-state index is 6.27.